The number of amides is 1. The van der Waals surface area contributed by atoms with Crippen molar-refractivity contribution in [2.24, 2.45) is 5.92 Å². The SMILES string of the molecule is CC1CCN(C(=O)c2cc(Br)cc([N+](=O)[O-])c2)CC1O. The highest BCUT2D eigenvalue weighted by atomic mass is 79.9. The summed E-state index contributed by atoms with van der Waals surface area (Å²) in [5.41, 5.74) is 0.126. The van der Waals surface area contributed by atoms with Crippen molar-refractivity contribution >= 4 is 27.5 Å². The number of rotatable bonds is 2. The summed E-state index contributed by atoms with van der Waals surface area (Å²) in [5.74, 6) is -0.128. The van der Waals surface area contributed by atoms with Crippen LogP contribution in [0.1, 0.15) is 23.7 Å². The van der Waals surface area contributed by atoms with Gasteiger partial charge in [-0.25, -0.2) is 0 Å². The summed E-state index contributed by atoms with van der Waals surface area (Å²) in [6, 6.07) is 4.17. The molecule has 2 rings (SSSR count). The van der Waals surface area contributed by atoms with E-state index in [-0.39, 0.29) is 29.6 Å². The lowest BCUT2D eigenvalue weighted by atomic mass is 9.95. The molecule has 1 aliphatic heterocycles. The predicted octanol–water partition coefficient (Wildman–Crippen LogP) is 2.20. The van der Waals surface area contributed by atoms with E-state index in [9.17, 15) is 20.0 Å². The summed E-state index contributed by atoms with van der Waals surface area (Å²) in [7, 11) is 0. The van der Waals surface area contributed by atoms with Gasteiger partial charge in [-0.2, -0.15) is 0 Å². The molecule has 1 aromatic carbocycles. The molecule has 0 radical (unpaired) electrons. The van der Waals surface area contributed by atoms with E-state index in [1.165, 1.54) is 17.0 Å². The summed E-state index contributed by atoms with van der Waals surface area (Å²) in [6.07, 6.45) is 0.179. The fraction of sp³-hybridized carbons (Fsp3) is 0.462. The highest BCUT2D eigenvalue weighted by Gasteiger charge is 2.28. The van der Waals surface area contributed by atoms with Crippen molar-refractivity contribution in [3.8, 4) is 0 Å². The Balaban J connectivity index is 2.23. The fourth-order valence-corrected chi connectivity index (χ4v) is 2.70. The van der Waals surface area contributed by atoms with Gasteiger partial charge in [0.15, 0.2) is 0 Å². The first kappa shape index (κ1) is 14.9. The van der Waals surface area contributed by atoms with Crippen molar-refractivity contribution in [3.05, 3.63) is 38.3 Å². The largest absolute Gasteiger partial charge is 0.391 e. The third kappa shape index (κ3) is 3.16. The number of nitro benzene ring substituents is 1. The lowest BCUT2D eigenvalue weighted by Gasteiger charge is -2.34. The Morgan fingerprint density at radius 3 is 2.80 bits per heavy atom. The number of aliphatic hydroxyl groups excluding tert-OH is 1. The third-order valence-corrected chi connectivity index (χ3v) is 4.00. The van der Waals surface area contributed by atoms with Crippen molar-refractivity contribution in [1.29, 1.82) is 0 Å². The Morgan fingerprint density at radius 1 is 1.50 bits per heavy atom. The number of aliphatic hydroxyl groups is 1. The molecule has 0 bridgehead atoms. The quantitative estimate of drug-likeness (QED) is 0.659. The molecular formula is C13H15BrN2O4. The molecule has 0 aromatic heterocycles. The number of piperidine rings is 1. The van der Waals surface area contributed by atoms with Crippen molar-refractivity contribution in [2.75, 3.05) is 13.1 Å². The average molecular weight is 343 g/mol. The van der Waals surface area contributed by atoms with E-state index in [2.05, 4.69) is 15.9 Å². The number of hydrogen-bond acceptors (Lipinski definition) is 4. The smallest absolute Gasteiger partial charge is 0.271 e. The predicted molar refractivity (Wildman–Crippen MR) is 76.5 cm³/mol. The van der Waals surface area contributed by atoms with E-state index in [4.69, 9.17) is 0 Å². The number of nitrogens with zero attached hydrogens (tertiary/aromatic N) is 2. The minimum Gasteiger partial charge on any atom is -0.391 e. The molecule has 6 nitrogen and oxygen atoms in total. The summed E-state index contributed by atoms with van der Waals surface area (Å²) in [4.78, 5) is 24.2. The van der Waals surface area contributed by atoms with Gasteiger partial charge in [-0.3, -0.25) is 14.9 Å². The average Bonchev–Trinajstić information content (AvgIpc) is 2.40. The van der Waals surface area contributed by atoms with Crippen LogP contribution in [0.3, 0.4) is 0 Å². The van der Waals surface area contributed by atoms with Gasteiger partial charge in [-0.15, -0.1) is 0 Å². The molecule has 2 unspecified atom stereocenters. The second kappa shape index (κ2) is 5.88. The zero-order chi connectivity index (χ0) is 14.9. The van der Waals surface area contributed by atoms with Crippen molar-refractivity contribution in [1.82, 2.24) is 4.90 Å². The molecule has 7 heteroatoms. The minimum absolute atomic E-state index is 0.131. The number of benzene rings is 1. The number of likely N-dealkylation sites (tertiary alicyclic amines) is 1. The molecule has 108 valence electrons. The van der Waals surface area contributed by atoms with Crippen LogP contribution < -0.4 is 0 Å². The van der Waals surface area contributed by atoms with Gasteiger partial charge in [0.1, 0.15) is 0 Å². The molecule has 1 aliphatic rings. The maximum atomic E-state index is 12.4. The van der Waals surface area contributed by atoms with Crippen molar-refractivity contribution in [2.45, 2.75) is 19.4 Å². The maximum Gasteiger partial charge on any atom is 0.271 e. The van der Waals surface area contributed by atoms with Crippen LogP contribution in [0.4, 0.5) is 5.69 Å². The van der Waals surface area contributed by atoms with Gasteiger partial charge >= 0.3 is 0 Å². The molecule has 0 saturated carbocycles. The normalized spacial score (nSPS) is 22.6. The number of β-amino-alcohol motifs (C(OH)–C–C–N with tert-alkyl or cyclic N) is 1. The van der Waals surface area contributed by atoms with Crippen LogP contribution in [0.5, 0.6) is 0 Å². The molecule has 2 atom stereocenters. The van der Waals surface area contributed by atoms with Crippen LogP contribution in [-0.4, -0.2) is 40.0 Å². The fourth-order valence-electron chi connectivity index (χ4n) is 2.22. The van der Waals surface area contributed by atoms with Crippen LogP contribution in [-0.2, 0) is 0 Å². The highest BCUT2D eigenvalue weighted by Crippen LogP contribution is 2.24. The van der Waals surface area contributed by atoms with E-state index in [1.54, 1.807) is 6.07 Å². The number of carbonyl (C=O) groups excluding carboxylic acids is 1. The molecular weight excluding hydrogens is 328 g/mol. The summed E-state index contributed by atoms with van der Waals surface area (Å²) >= 11 is 3.17. The van der Waals surface area contributed by atoms with Gasteiger partial charge in [0.2, 0.25) is 0 Å². The zero-order valence-corrected chi connectivity index (χ0v) is 12.5. The topological polar surface area (TPSA) is 83.7 Å². The van der Waals surface area contributed by atoms with Crippen molar-refractivity contribution in [3.63, 3.8) is 0 Å². The Morgan fingerprint density at radius 2 is 2.20 bits per heavy atom. The van der Waals surface area contributed by atoms with Gasteiger partial charge in [-0.1, -0.05) is 22.9 Å². The Labute approximate surface area is 124 Å². The number of hydrogen-bond donors (Lipinski definition) is 1. The third-order valence-electron chi connectivity index (χ3n) is 3.55. The molecule has 0 spiro atoms. The van der Waals surface area contributed by atoms with Gasteiger partial charge in [0.25, 0.3) is 11.6 Å². The zero-order valence-electron chi connectivity index (χ0n) is 11.0. The molecule has 20 heavy (non-hydrogen) atoms. The Bertz CT molecular complexity index is 549. The number of non-ortho nitro benzene ring substituents is 1. The highest BCUT2D eigenvalue weighted by molar-refractivity contribution is 9.10. The van der Waals surface area contributed by atoms with Gasteiger partial charge in [0.05, 0.1) is 11.0 Å². The summed E-state index contributed by atoms with van der Waals surface area (Å²) in [6.45, 7) is 2.76. The standard InChI is InChI=1S/C13H15BrN2O4/c1-8-2-3-15(7-12(8)17)13(18)9-4-10(14)6-11(5-9)16(19)20/h4-6,8,12,17H,2-3,7H2,1H3. The molecule has 1 heterocycles. The molecule has 1 N–H and O–H groups in total. The van der Waals surface area contributed by atoms with E-state index >= 15 is 0 Å². The maximum absolute atomic E-state index is 12.4. The van der Waals surface area contributed by atoms with Crippen LogP contribution in [0.25, 0.3) is 0 Å². The van der Waals surface area contributed by atoms with E-state index in [0.717, 1.165) is 6.42 Å². The molecule has 1 saturated heterocycles. The summed E-state index contributed by atoms with van der Waals surface area (Å²) < 4.78 is 0.487. The summed E-state index contributed by atoms with van der Waals surface area (Å²) in [5, 5.41) is 20.6. The van der Waals surface area contributed by atoms with E-state index < -0.39 is 11.0 Å². The second-order valence-corrected chi connectivity index (χ2v) is 5.96. The molecule has 1 aromatic rings. The second-order valence-electron chi connectivity index (χ2n) is 5.04. The molecule has 0 aliphatic carbocycles. The number of carbonyl (C=O) groups is 1. The van der Waals surface area contributed by atoms with Crippen LogP contribution in [0.15, 0.2) is 22.7 Å². The first-order chi connectivity index (χ1) is 9.38. The van der Waals surface area contributed by atoms with Gasteiger partial charge < -0.3 is 10.0 Å². The van der Waals surface area contributed by atoms with Crippen LogP contribution in [0, 0.1) is 16.0 Å². The number of nitro groups is 1. The lowest BCUT2D eigenvalue weighted by Crippen LogP contribution is -2.45. The first-order valence-corrected chi connectivity index (χ1v) is 7.10. The number of halogens is 1. The van der Waals surface area contributed by atoms with Gasteiger partial charge in [-0.05, 0) is 18.4 Å². The van der Waals surface area contributed by atoms with Crippen LogP contribution in [0.2, 0.25) is 0 Å². The molecule has 1 fully saturated rings. The monoisotopic (exact) mass is 342 g/mol. The van der Waals surface area contributed by atoms with E-state index in [1.807, 2.05) is 6.92 Å². The lowest BCUT2D eigenvalue weighted by molar-refractivity contribution is -0.385. The van der Waals surface area contributed by atoms with Crippen molar-refractivity contribution < 1.29 is 14.8 Å². The molecule has 1 amide bonds. The van der Waals surface area contributed by atoms with Crippen LogP contribution >= 0.6 is 15.9 Å². The van der Waals surface area contributed by atoms with Gasteiger partial charge in [0, 0.05) is 35.3 Å². The minimum atomic E-state index is -0.546. The Kier molecular flexibility index (Phi) is 4.39. The first-order valence-electron chi connectivity index (χ1n) is 6.31. The van der Waals surface area contributed by atoms with E-state index in [0.29, 0.717) is 11.0 Å². The Hall–Kier alpha value is -1.47.